The Morgan fingerprint density at radius 1 is 1.15 bits per heavy atom. The monoisotopic (exact) mass is 182 g/mol. The Kier molecular flexibility index (Phi) is 12.4. The van der Waals surface area contributed by atoms with Crippen LogP contribution in [0.5, 0.6) is 0 Å². The summed E-state index contributed by atoms with van der Waals surface area (Å²) in [5.41, 5.74) is 0. The van der Waals surface area contributed by atoms with Gasteiger partial charge in [-0.3, -0.25) is 0 Å². The number of amidine groups is 1. The summed E-state index contributed by atoms with van der Waals surface area (Å²) in [6.45, 7) is 12.0. The highest BCUT2D eigenvalue weighted by atomic mass is 14.9. The first-order chi connectivity index (χ1) is 6.22. The van der Waals surface area contributed by atoms with Gasteiger partial charge >= 0.3 is 0 Å². The van der Waals surface area contributed by atoms with E-state index in [9.17, 15) is 0 Å². The van der Waals surface area contributed by atoms with Crippen molar-refractivity contribution in [1.82, 2.24) is 0 Å². The van der Waals surface area contributed by atoms with Gasteiger partial charge in [0.15, 0.2) is 0 Å². The highest BCUT2D eigenvalue weighted by molar-refractivity contribution is 5.90. The van der Waals surface area contributed by atoms with Crippen LogP contribution in [-0.4, -0.2) is 12.1 Å². The molecule has 0 unspecified atom stereocenters. The van der Waals surface area contributed by atoms with E-state index < -0.39 is 0 Å². The van der Waals surface area contributed by atoms with Crippen molar-refractivity contribution >= 4 is 12.1 Å². The van der Waals surface area contributed by atoms with Gasteiger partial charge in [0, 0.05) is 18.3 Å². The van der Waals surface area contributed by atoms with Gasteiger partial charge in [0.2, 0.25) is 0 Å². The average Bonchev–Trinajstić information content (AvgIpc) is 2.15. The second-order valence-electron chi connectivity index (χ2n) is 2.51. The summed E-state index contributed by atoms with van der Waals surface area (Å²) < 4.78 is 0. The predicted octanol–water partition coefficient (Wildman–Crippen LogP) is 3.69. The molecule has 0 fully saturated rings. The first-order valence-electron chi connectivity index (χ1n) is 4.90. The maximum absolute atomic E-state index is 4.17. The van der Waals surface area contributed by atoms with Gasteiger partial charge in [0.05, 0.1) is 0 Å². The molecule has 2 nitrogen and oxygen atoms in total. The van der Waals surface area contributed by atoms with Crippen molar-refractivity contribution in [1.29, 1.82) is 0 Å². The van der Waals surface area contributed by atoms with E-state index in [0.717, 1.165) is 5.84 Å². The van der Waals surface area contributed by atoms with E-state index in [1.54, 1.807) is 12.4 Å². The van der Waals surface area contributed by atoms with E-state index in [1.165, 1.54) is 0 Å². The molecule has 0 aliphatic heterocycles. The Morgan fingerprint density at radius 3 is 2.00 bits per heavy atom. The molecule has 0 spiro atoms. The average molecular weight is 182 g/mol. The van der Waals surface area contributed by atoms with Crippen molar-refractivity contribution in [2.75, 3.05) is 0 Å². The van der Waals surface area contributed by atoms with E-state index in [1.807, 2.05) is 33.8 Å². The van der Waals surface area contributed by atoms with Crippen molar-refractivity contribution in [2.24, 2.45) is 15.9 Å². The van der Waals surface area contributed by atoms with Gasteiger partial charge in [-0.05, 0) is 13.8 Å². The second-order valence-corrected chi connectivity index (χ2v) is 2.51. The molecule has 0 aliphatic rings. The SMILES string of the molecule is CC.CC=NC(=N/C=C\C)C(C)C. The largest absolute Gasteiger partial charge is 0.246 e. The van der Waals surface area contributed by atoms with Gasteiger partial charge < -0.3 is 0 Å². The van der Waals surface area contributed by atoms with E-state index in [2.05, 4.69) is 23.8 Å². The molecule has 0 amide bonds. The fourth-order valence-corrected chi connectivity index (χ4v) is 0.615. The number of nitrogens with zero attached hydrogens (tertiary/aromatic N) is 2. The van der Waals surface area contributed by atoms with Crippen molar-refractivity contribution in [2.45, 2.75) is 41.5 Å². The Balaban J connectivity index is 0. The first kappa shape index (κ1) is 14.6. The number of allylic oxidation sites excluding steroid dienone is 1. The number of aliphatic imine (C=N–C) groups is 2. The molecule has 0 saturated carbocycles. The molecule has 0 saturated heterocycles. The molecule has 76 valence electrons. The molecule has 0 atom stereocenters. The van der Waals surface area contributed by atoms with Crippen LogP contribution in [0.25, 0.3) is 0 Å². The minimum absolute atomic E-state index is 0.391. The molecular formula is C11H22N2. The van der Waals surface area contributed by atoms with Crippen LogP contribution in [0.1, 0.15) is 41.5 Å². The van der Waals surface area contributed by atoms with Crippen LogP contribution in [0.15, 0.2) is 22.3 Å². The zero-order chi connectivity index (χ0) is 10.7. The quantitative estimate of drug-likeness (QED) is 0.459. The highest BCUT2D eigenvalue weighted by Gasteiger charge is 1.99. The van der Waals surface area contributed by atoms with Crippen LogP contribution in [0, 0.1) is 5.92 Å². The molecule has 0 rings (SSSR count). The Bertz CT molecular complexity index is 177. The lowest BCUT2D eigenvalue weighted by Gasteiger charge is -2.00. The van der Waals surface area contributed by atoms with Crippen LogP contribution in [0.2, 0.25) is 0 Å². The van der Waals surface area contributed by atoms with Crippen molar-refractivity contribution < 1.29 is 0 Å². The topological polar surface area (TPSA) is 24.7 Å². The van der Waals surface area contributed by atoms with Crippen LogP contribution in [0.3, 0.4) is 0 Å². The number of rotatable bonds is 2. The summed E-state index contributed by atoms with van der Waals surface area (Å²) in [5.74, 6) is 1.27. The molecule has 0 heterocycles. The summed E-state index contributed by atoms with van der Waals surface area (Å²) in [7, 11) is 0. The molecule has 0 aliphatic carbocycles. The normalized spacial score (nSPS) is 12.4. The number of hydrogen-bond acceptors (Lipinski definition) is 1. The molecular weight excluding hydrogens is 160 g/mol. The standard InChI is InChI=1S/C9H16N2.C2H6/c1-5-7-11-9(8(3)4)10-6-2;1-2/h5-8H,1-4H3;1-2H3/b7-5-,10-6?,11-9?;. The van der Waals surface area contributed by atoms with Crippen LogP contribution in [-0.2, 0) is 0 Å². The minimum Gasteiger partial charge on any atom is -0.246 e. The van der Waals surface area contributed by atoms with Gasteiger partial charge in [-0.25, -0.2) is 9.98 Å². The molecule has 0 aromatic carbocycles. The Hall–Kier alpha value is -0.920. The Morgan fingerprint density at radius 2 is 1.69 bits per heavy atom. The molecule has 0 N–H and O–H groups in total. The fraction of sp³-hybridized carbons (Fsp3) is 0.636. The highest BCUT2D eigenvalue weighted by Crippen LogP contribution is 1.98. The summed E-state index contributed by atoms with van der Waals surface area (Å²) in [4.78, 5) is 8.30. The molecule has 13 heavy (non-hydrogen) atoms. The summed E-state index contributed by atoms with van der Waals surface area (Å²) in [6.07, 6.45) is 5.43. The first-order valence-corrected chi connectivity index (χ1v) is 4.90. The fourth-order valence-electron chi connectivity index (χ4n) is 0.615. The van der Waals surface area contributed by atoms with E-state index in [-0.39, 0.29) is 0 Å². The van der Waals surface area contributed by atoms with Crippen molar-refractivity contribution in [3.8, 4) is 0 Å². The predicted molar refractivity (Wildman–Crippen MR) is 62.6 cm³/mol. The molecule has 0 aromatic heterocycles. The lowest BCUT2D eigenvalue weighted by molar-refractivity contribution is 0.873. The van der Waals surface area contributed by atoms with E-state index in [0.29, 0.717) is 5.92 Å². The van der Waals surface area contributed by atoms with Gasteiger partial charge in [-0.2, -0.15) is 0 Å². The molecule has 2 heteroatoms. The zero-order valence-corrected chi connectivity index (χ0v) is 9.70. The summed E-state index contributed by atoms with van der Waals surface area (Å²) in [5, 5.41) is 0. The molecule has 0 aromatic rings. The van der Waals surface area contributed by atoms with Crippen molar-refractivity contribution in [3.63, 3.8) is 0 Å². The van der Waals surface area contributed by atoms with Gasteiger partial charge in [-0.15, -0.1) is 0 Å². The minimum atomic E-state index is 0.391. The van der Waals surface area contributed by atoms with Crippen LogP contribution >= 0.6 is 0 Å². The lowest BCUT2D eigenvalue weighted by atomic mass is 10.2. The maximum atomic E-state index is 4.17. The summed E-state index contributed by atoms with van der Waals surface area (Å²) >= 11 is 0. The van der Waals surface area contributed by atoms with Crippen molar-refractivity contribution in [3.05, 3.63) is 12.3 Å². The molecule has 0 bridgehead atoms. The summed E-state index contributed by atoms with van der Waals surface area (Å²) in [6, 6.07) is 0. The van der Waals surface area contributed by atoms with Gasteiger partial charge in [0.25, 0.3) is 0 Å². The molecule has 0 radical (unpaired) electrons. The second kappa shape index (κ2) is 11.1. The third-order valence-electron chi connectivity index (χ3n) is 1.13. The van der Waals surface area contributed by atoms with Crippen LogP contribution in [0.4, 0.5) is 0 Å². The van der Waals surface area contributed by atoms with E-state index >= 15 is 0 Å². The zero-order valence-electron chi connectivity index (χ0n) is 9.70. The maximum Gasteiger partial charge on any atom is 0.130 e. The third-order valence-corrected chi connectivity index (χ3v) is 1.13. The third kappa shape index (κ3) is 8.99. The lowest BCUT2D eigenvalue weighted by Crippen LogP contribution is -2.03. The smallest absolute Gasteiger partial charge is 0.130 e. The Labute approximate surface area is 82.5 Å². The van der Waals surface area contributed by atoms with Crippen LogP contribution < -0.4 is 0 Å². The number of hydrogen-bond donors (Lipinski definition) is 0. The van der Waals surface area contributed by atoms with Gasteiger partial charge in [0.1, 0.15) is 5.84 Å². The van der Waals surface area contributed by atoms with E-state index in [4.69, 9.17) is 0 Å². The van der Waals surface area contributed by atoms with Gasteiger partial charge in [-0.1, -0.05) is 33.8 Å².